The fourth-order valence-electron chi connectivity index (χ4n) is 2.08. The number of aromatic nitrogens is 1. The summed E-state index contributed by atoms with van der Waals surface area (Å²) >= 11 is 3.93. The minimum atomic E-state index is 1.05. The molecule has 0 saturated carbocycles. The summed E-state index contributed by atoms with van der Waals surface area (Å²) in [7, 11) is 0. The van der Waals surface area contributed by atoms with Crippen molar-refractivity contribution < 1.29 is 0 Å². The maximum atomic E-state index is 4.34. The van der Waals surface area contributed by atoms with Gasteiger partial charge in [0.1, 0.15) is 0 Å². The summed E-state index contributed by atoms with van der Waals surface area (Å²) in [4.78, 5) is 4.34. The summed E-state index contributed by atoms with van der Waals surface area (Å²) in [6, 6.07) is 11.3. The molecule has 4 bridgehead atoms. The van der Waals surface area contributed by atoms with Crippen molar-refractivity contribution in [1.29, 1.82) is 0 Å². The molecule has 0 spiro atoms. The molecule has 0 unspecified atom stereocenters. The van der Waals surface area contributed by atoms with E-state index in [4.69, 9.17) is 0 Å². The smallest absolute Gasteiger partial charge is 0.0308 e. The zero-order valence-electron chi connectivity index (χ0n) is 10.1. The van der Waals surface area contributed by atoms with Crippen molar-refractivity contribution in [2.45, 2.75) is 23.0 Å². The number of nitrogens with zero attached hydrogens (tertiary/aromatic N) is 1. The molecule has 0 atom stereocenters. The molecule has 0 aliphatic carbocycles. The van der Waals surface area contributed by atoms with Crippen LogP contribution in [0.2, 0.25) is 0 Å². The van der Waals surface area contributed by atoms with E-state index in [1.807, 2.05) is 35.9 Å². The third-order valence-electron chi connectivity index (χ3n) is 2.92. The van der Waals surface area contributed by atoms with Crippen LogP contribution in [0.4, 0.5) is 0 Å². The number of benzene rings is 1. The van der Waals surface area contributed by atoms with Crippen LogP contribution in [0.25, 0.3) is 0 Å². The molecule has 0 saturated heterocycles. The highest BCUT2D eigenvalue weighted by Crippen LogP contribution is 2.24. The highest BCUT2D eigenvalue weighted by molar-refractivity contribution is 7.98. The lowest BCUT2D eigenvalue weighted by Gasteiger charge is -2.09. The fourth-order valence-corrected chi connectivity index (χ4v) is 3.90. The number of pyridine rings is 1. The monoisotopic (exact) mass is 273 g/mol. The average molecular weight is 273 g/mol. The molecule has 2 heterocycles. The predicted molar refractivity (Wildman–Crippen MR) is 80.7 cm³/mol. The van der Waals surface area contributed by atoms with Gasteiger partial charge in [0.25, 0.3) is 0 Å². The van der Waals surface area contributed by atoms with Crippen LogP contribution < -0.4 is 0 Å². The molecule has 0 amide bonds. The molecule has 1 aliphatic rings. The van der Waals surface area contributed by atoms with Crippen molar-refractivity contribution in [1.82, 2.24) is 4.98 Å². The van der Waals surface area contributed by atoms with E-state index in [1.165, 1.54) is 22.3 Å². The van der Waals surface area contributed by atoms with Crippen LogP contribution >= 0.6 is 23.5 Å². The van der Waals surface area contributed by atoms with Gasteiger partial charge < -0.3 is 0 Å². The van der Waals surface area contributed by atoms with E-state index >= 15 is 0 Å². The molecule has 1 aromatic heterocycles. The predicted octanol–water partition coefficient (Wildman–Crippen LogP) is 4.26. The Balaban J connectivity index is 1.84. The average Bonchev–Trinajstić information content (AvgIpc) is 2.39. The van der Waals surface area contributed by atoms with Crippen LogP contribution in [0.5, 0.6) is 0 Å². The number of hydrogen-bond donors (Lipinski definition) is 0. The van der Waals surface area contributed by atoms with Crippen molar-refractivity contribution in [3.8, 4) is 0 Å². The summed E-state index contributed by atoms with van der Waals surface area (Å²) < 4.78 is 0. The molecule has 1 nitrogen and oxygen atoms in total. The molecular formula is C15H15NS2. The van der Waals surface area contributed by atoms with Crippen LogP contribution in [0.15, 0.2) is 42.7 Å². The molecular weight excluding hydrogens is 258 g/mol. The second kappa shape index (κ2) is 5.81. The Morgan fingerprint density at radius 3 is 1.83 bits per heavy atom. The van der Waals surface area contributed by atoms with Gasteiger partial charge in [-0.05, 0) is 22.3 Å². The minimum absolute atomic E-state index is 1.05. The summed E-state index contributed by atoms with van der Waals surface area (Å²) in [5.41, 5.74) is 5.55. The SMILES string of the molecule is c1cc2cc(c1)CSCc1cncc(c1)CSC2. The second-order valence-electron chi connectivity index (χ2n) is 4.51. The van der Waals surface area contributed by atoms with Crippen molar-refractivity contribution in [3.63, 3.8) is 0 Å². The minimum Gasteiger partial charge on any atom is -0.264 e. The van der Waals surface area contributed by atoms with Crippen LogP contribution in [0.1, 0.15) is 22.3 Å². The van der Waals surface area contributed by atoms with E-state index in [0.29, 0.717) is 0 Å². The zero-order chi connectivity index (χ0) is 12.2. The summed E-state index contributed by atoms with van der Waals surface area (Å²) in [6.07, 6.45) is 3.98. The molecule has 3 heteroatoms. The first-order valence-electron chi connectivity index (χ1n) is 6.06. The van der Waals surface area contributed by atoms with E-state index in [2.05, 4.69) is 35.3 Å². The van der Waals surface area contributed by atoms with Gasteiger partial charge in [0.2, 0.25) is 0 Å². The van der Waals surface area contributed by atoms with Crippen LogP contribution in [0, 0.1) is 0 Å². The third kappa shape index (κ3) is 3.09. The number of hydrogen-bond acceptors (Lipinski definition) is 3. The molecule has 2 aromatic rings. The molecule has 1 aliphatic heterocycles. The van der Waals surface area contributed by atoms with Gasteiger partial charge in [-0.3, -0.25) is 4.98 Å². The largest absolute Gasteiger partial charge is 0.264 e. The molecule has 3 rings (SSSR count). The molecule has 0 fully saturated rings. The highest BCUT2D eigenvalue weighted by Gasteiger charge is 2.03. The molecule has 0 N–H and O–H groups in total. The Labute approximate surface area is 116 Å². The Kier molecular flexibility index (Phi) is 3.91. The fraction of sp³-hybridized carbons (Fsp3) is 0.267. The summed E-state index contributed by atoms with van der Waals surface area (Å²) in [5.74, 6) is 4.27. The lowest BCUT2D eigenvalue weighted by Crippen LogP contribution is -1.92. The second-order valence-corrected chi connectivity index (χ2v) is 6.48. The normalized spacial score (nSPS) is 15.6. The number of fused-ring (bicyclic) bond motifs is 4. The maximum absolute atomic E-state index is 4.34. The number of thioether (sulfide) groups is 2. The Morgan fingerprint density at radius 2 is 1.22 bits per heavy atom. The number of rotatable bonds is 0. The van der Waals surface area contributed by atoms with Gasteiger partial charge in [0.05, 0.1) is 0 Å². The van der Waals surface area contributed by atoms with Crippen molar-refractivity contribution >= 4 is 23.5 Å². The summed E-state index contributed by atoms with van der Waals surface area (Å²) in [6.45, 7) is 0. The molecule has 18 heavy (non-hydrogen) atoms. The zero-order valence-corrected chi connectivity index (χ0v) is 11.8. The summed E-state index contributed by atoms with van der Waals surface area (Å²) in [5, 5.41) is 0. The van der Waals surface area contributed by atoms with Gasteiger partial charge in [0.15, 0.2) is 0 Å². The first-order valence-corrected chi connectivity index (χ1v) is 8.37. The Bertz CT molecular complexity index is 452. The Morgan fingerprint density at radius 1 is 0.722 bits per heavy atom. The van der Waals surface area contributed by atoms with Crippen LogP contribution in [-0.4, -0.2) is 4.98 Å². The topological polar surface area (TPSA) is 12.9 Å². The van der Waals surface area contributed by atoms with Crippen molar-refractivity contribution in [2.75, 3.05) is 0 Å². The molecule has 1 aromatic carbocycles. The Hall–Kier alpha value is -0.930. The van der Waals surface area contributed by atoms with E-state index < -0.39 is 0 Å². The molecule has 92 valence electrons. The van der Waals surface area contributed by atoms with Crippen LogP contribution in [-0.2, 0) is 23.0 Å². The van der Waals surface area contributed by atoms with Crippen molar-refractivity contribution in [2.24, 2.45) is 0 Å². The first-order chi connectivity index (χ1) is 8.90. The van der Waals surface area contributed by atoms with Crippen molar-refractivity contribution in [3.05, 3.63) is 65.0 Å². The lowest BCUT2D eigenvalue weighted by molar-refractivity contribution is 1.19. The van der Waals surface area contributed by atoms with Crippen LogP contribution in [0.3, 0.4) is 0 Å². The lowest BCUT2D eigenvalue weighted by atomic mass is 10.2. The van der Waals surface area contributed by atoms with Gasteiger partial charge in [-0.15, -0.1) is 0 Å². The van der Waals surface area contributed by atoms with Gasteiger partial charge in [-0.25, -0.2) is 0 Å². The maximum Gasteiger partial charge on any atom is 0.0308 e. The van der Waals surface area contributed by atoms with Gasteiger partial charge in [-0.2, -0.15) is 23.5 Å². The van der Waals surface area contributed by atoms with E-state index in [1.54, 1.807) is 0 Å². The standard InChI is InChI=1S/C15H15NS2/c1-2-12-4-13(3-1)9-18-11-15-5-14(6-16-7-15)10-17-8-12/h1-7H,8-11H2. The third-order valence-corrected chi connectivity index (χ3v) is 5.07. The van der Waals surface area contributed by atoms with E-state index in [0.717, 1.165) is 23.0 Å². The van der Waals surface area contributed by atoms with Gasteiger partial charge >= 0.3 is 0 Å². The quantitative estimate of drug-likeness (QED) is 0.712. The van der Waals surface area contributed by atoms with E-state index in [9.17, 15) is 0 Å². The molecule has 0 radical (unpaired) electrons. The first kappa shape index (κ1) is 12.1. The highest BCUT2D eigenvalue weighted by atomic mass is 32.2. The van der Waals surface area contributed by atoms with E-state index in [-0.39, 0.29) is 0 Å². The van der Waals surface area contributed by atoms with Gasteiger partial charge in [0, 0.05) is 35.4 Å². The van der Waals surface area contributed by atoms with Gasteiger partial charge in [-0.1, -0.05) is 30.3 Å².